The predicted molar refractivity (Wildman–Crippen MR) is 74.2 cm³/mol. The van der Waals surface area contributed by atoms with Crippen molar-refractivity contribution in [2.45, 2.75) is 76.0 Å². The standard InChI is InChI=1S/C15H24N2O3/c1-14(2)9-6-11(20-14)10-17-13(19)16-12(18)15(17)7-4-3-5-8-15/h11H,3-10H2,1-2H3,(H,16,18,19). The molecule has 1 saturated carbocycles. The lowest BCUT2D eigenvalue weighted by atomic mass is 9.80. The molecule has 0 aromatic heterocycles. The van der Waals surface area contributed by atoms with Crippen LogP contribution in [0, 0.1) is 0 Å². The molecule has 0 aromatic carbocycles. The molecule has 1 aliphatic carbocycles. The second kappa shape index (κ2) is 4.72. The fourth-order valence-electron chi connectivity index (χ4n) is 3.90. The van der Waals surface area contributed by atoms with Gasteiger partial charge in [0.15, 0.2) is 0 Å². The fraction of sp³-hybridized carbons (Fsp3) is 0.867. The molecule has 1 unspecified atom stereocenters. The highest BCUT2D eigenvalue weighted by atomic mass is 16.5. The Hall–Kier alpha value is -1.10. The number of ether oxygens (including phenoxy) is 1. The minimum atomic E-state index is -0.592. The average Bonchev–Trinajstić information content (AvgIpc) is 2.84. The largest absolute Gasteiger partial charge is 0.371 e. The highest BCUT2D eigenvalue weighted by Gasteiger charge is 2.53. The van der Waals surface area contributed by atoms with E-state index in [0.717, 1.165) is 44.9 Å². The van der Waals surface area contributed by atoms with E-state index in [0.29, 0.717) is 6.54 Å². The third-order valence-corrected chi connectivity index (χ3v) is 5.03. The summed E-state index contributed by atoms with van der Waals surface area (Å²) in [7, 11) is 0. The summed E-state index contributed by atoms with van der Waals surface area (Å²) in [5, 5.41) is 2.51. The van der Waals surface area contributed by atoms with Crippen molar-refractivity contribution in [3.8, 4) is 0 Å². The first-order chi connectivity index (χ1) is 9.43. The summed E-state index contributed by atoms with van der Waals surface area (Å²) in [6, 6.07) is -0.231. The number of hydrogen-bond acceptors (Lipinski definition) is 3. The molecule has 2 aliphatic heterocycles. The quantitative estimate of drug-likeness (QED) is 0.789. The zero-order valence-corrected chi connectivity index (χ0v) is 12.4. The van der Waals surface area contributed by atoms with Crippen LogP contribution in [0.4, 0.5) is 4.79 Å². The van der Waals surface area contributed by atoms with Crippen LogP contribution in [0.1, 0.15) is 58.8 Å². The normalized spacial score (nSPS) is 31.9. The first-order valence-corrected chi connectivity index (χ1v) is 7.74. The van der Waals surface area contributed by atoms with Gasteiger partial charge in [-0.3, -0.25) is 10.1 Å². The summed E-state index contributed by atoms with van der Waals surface area (Å²) in [4.78, 5) is 26.2. The molecule has 3 aliphatic rings. The van der Waals surface area contributed by atoms with E-state index in [1.54, 1.807) is 4.90 Å². The summed E-state index contributed by atoms with van der Waals surface area (Å²) in [5.41, 5.74) is -0.698. The number of carbonyl (C=O) groups is 2. The maximum absolute atomic E-state index is 12.3. The van der Waals surface area contributed by atoms with Crippen LogP contribution in [0.15, 0.2) is 0 Å². The first kappa shape index (κ1) is 13.9. The summed E-state index contributed by atoms with van der Waals surface area (Å²) < 4.78 is 6.00. The van der Waals surface area contributed by atoms with Gasteiger partial charge in [0.05, 0.1) is 11.7 Å². The minimum absolute atomic E-state index is 0.0560. The molecule has 1 spiro atoms. The number of rotatable bonds is 2. The molecule has 3 fully saturated rings. The van der Waals surface area contributed by atoms with E-state index < -0.39 is 5.54 Å². The molecule has 2 saturated heterocycles. The Bertz CT molecular complexity index is 427. The second-order valence-corrected chi connectivity index (χ2v) is 7.00. The summed E-state index contributed by atoms with van der Waals surface area (Å²) in [6.45, 7) is 4.71. The number of imide groups is 1. The average molecular weight is 280 g/mol. The summed E-state index contributed by atoms with van der Waals surface area (Å²) in [6.07, 6.45) is 6.81. The van der Waals surface area contributed by atoms with Crippen LogP contribution in [-0.2, 0) is 9.53 Å². The SMILES string of the molecule is CC1(C)CCC(CN2C(=O)NC(=O)C23CCCCC3)O1. The molecular weight excluding hydrogens is 256 g/mol. The number of urea groups is 1. The topological polar surface area (TPSA) is 58.6 Å². The van der Waals surface area contributed by atoms with E-state index in [1.165, 1.54) is 0 Å². The molecule has 0 aromatic rings. The van der Waals surface area contributed by atoms with Gasteiger partial charge >= 0.3 is 6.03 Å². The molecule has 20 heavy (non-hydrogen) atoms. The third-order valence-electron chi connectivity index (χ3n) is 5.03. The number of amides is 3. The lowest BCUT2D eigenvalue weighted by Gasteiger charge is -2.39. The van der Waals surface area contributed by atoms with Crippen molar-refractivity contribution in [2.24, 2.45) is 0 Å². The van der Waals surface area contributed by atoms with Gasteiger partial charge in [0, 0.05) is 6.54 Å². The minimum Gasteiger partial charge on any atom is -0.371 e. The van der Waals surface area contributed by atoms with Gasteiger partial charge in [-0.2, -0.15) is 0 Å². The van der Waals surface area contributed by atoms with Crippen LogP contribution in [-0.4, -0.2) is 40.6 Å². The van der Waals surface area contributed by atoms with Crippen molar-refractivity contribution in [2.75, 3.05) is 6.54 Å². The number of nitrogens with one attached hydrogen (secondary N) is 1. The Labute approximate surface area is 120 Å². The van der Waals surface area contributed by atoms with Crippen LogP contribution < -0.4 is 5.32 Å². The van der Waals surface area contributed by atoms with Crippen molar-refractivity contribution >= 4 is 11.9 Å². The smallest absolute Gasteiger partial charge is 0.325 e. The van der Waals surface area contributed by atoms with Gasteiger partial charge in [0.1, 0.15) is 5.54 Å². The Morgan fingerprint density at radius 2 is 1.90 bits per heavy atom. The molecule has 112 valence electrons. The Morgan fingerprint density at radius 3 is 2.50 bits per heavy atom. The molecular formula is C15H24N2O3. The van der Waals surface area contributed by atoms with E-state index in [4.69, 9.17) is 4.74 Å². The van der Waals surface area contributed by atoms with Gasteiger partial charge in [-0.1, -0.05) is 19.3 Å². The Morgan fingerprint density at radius 1 is 1.20 bits per heavy atom. The van der Waals surface area contributed by atoms with Crippen molar-refractivity contribution in [1.82, 2.24) is 10.2 Å². The number of nitrogens with zero attached hydrogens (tertiary/aromatic N) is 1. The van der Waals surface area contributed by atoms with E-state index >= 15 is 0 Å². The number of hydrogen-bond donors (Lipinski definition) is 1. The van der Waals surface area contributed by atoms with E-state index in [2.05, 4.69) is 19.2 Å². The van der Waals surface area contributed by atoms with Gasteiger partial charge in [0.25, 0.3) is 5.91 Å². The second-order valence-electron chi connectivity index (χ2n) is 7.00. The zero-order chi connectivity index (χ0) is 14.4. The monoisotopic (exact) mass is 280 g/mol. The van der Waals surface area contributed by atoms with Gasteiger partial charge in [-0.15, -0.1) is 0 Å². The van der Waals surface area contributed by atoms with Crippen molar-refractivity contribution in [3.63, 3.8) is 0 Å². The van der Waals surface area contributed by atoms with Gasteiger partial charge in [-0.25, -0.2) is 4.79 Å². The molecule has 0 bridgehead atoms. The first-order valence-electron chi connectivity index (χ1n) is 7.74. The Balaban J connectivity index is 1.76. The van der Waals surface area contributed by atoms with E-state index in [9.17, 15) is 9.59 Å². The molecule has 0 radical (unpaired) electrons. The maximum atomic E-state index is 12.3. The van der Waals surface area contributed by atoms with Gasteiger partial charge < -0.3 is 9.64 Å². The van der Waals surface area contributed by atoms with Gasteiger partial charge in [0.2, 0.25) is 0 Å². The lowest BCUT2D eigenvalue weighted by Crippen LogP contribution is -2.53. The zero-order valence-electron chi connectivity index (χ0n) is 12.4. The lowest BCUT2D eigenvalue weighted by molar-refractivity contribution is -0.129. The molecule has 2 heterocycles. The Kier molecular flexibility index (Phi) is 3.27. The highest BCUT2D eigenvalue weighted by Crippen LogP contribution is 2.39. The molecule has 1 N–H and O–H groups in total. The van der Waals surface area contributed by atoms with Crippen molar-refractivity contribution < 1.29 is 14.3 Å². The summed E-state index contributed by atoms with van der Waals surface area (Å²) in [5.74, 6) is -0.0977. The molecule has 5 heteroatoms. The van der Waals surface area contributed by atoms with Crippen LogP contribution in [0.25, 0.3) is 0 Å². The van der Waals surface area contributed by atoms with Crippen LogP contribution >= 0.6 is 0 Å². The summed E-state index contributed by atoms with van der Waals surface area (Å²) >= 11 is 0. The van der Waals surface area contributed by atoms with Crippen LogP contribution in [0.5, 0.6) is 0 Å². The number of carbonyl (C=O) groups excluding carboxylic acids is 2. The van der Waals surface area contributed by atoms with Crippen molar-refractivity contribution in [1.29, 1.82) is 0 Å². The van der Waals surface area contributed by atoms with Crippen LogP contribution in [0.3, 0.4) is 0 Å². The van der Waals surface area contributed by atoms with Crippen molar-refractivity contribution in [3.05, 3.63) is 0 Å². The third kappa shape index (κ3) is 2.22. The predicted octanol–water partition coefficient (Wildman–Crippen LogP) is 2.20. The highest BCUT2D eigenvalue weighted by molar-refractivity contribution is 6.07. The molecule has 3 rings (SSSR count). The van der Waals surface area contributed by atoms with Crippen LogP contribution in [0.2, 0.25) is 0 Å². The maximum Gasteiger partial charge on any atom is 0.325 e. The van der Waals surface area contributed by atoms with Gasteiger partial charge in [-0.05, 0) is 39.5 Å². The van der Waals surface area contributed by atoms with E-state index in [-0.39, 0.29) is 23.6 Å². The molecule has 3 amide bonds. The fourth-order valence-corrected chi connectivity index (χ4v) is 3.90. The molecule has 1 atom stereocenters. The molecule has 5 nitrogen and oxygen atoms in total. The van der Waals surface area contributed by atoms with E-state index in [1.807, 2.05) is 0 Å².